The number of para-hydroxylation sites is 1. The van der Waals surface area contributed by atoms with Gasteiger partial charge in [0.15, 0.2) is 9.84 Å². The number of hydrogen-bond donors (Lipinski definition) is 2. The molecule has 1 heterocycles. The van der Waals surface area contributed by atoms with E-state index in [9.17, 15) is 8.42 Å². The monoisotopic (exact) mass is 266 g/mol. The normalized spacial score (nSPS) is 13.1. The second-order valence-electron chi connectivity index (χ2n) is 4.99. The van der Waals surface area contributed by atoms with Crippen molar-refractivity contribution in [1.29, 1.82) is 0 Å². The molecule has 0 spiro atoms. The smallest absolute Gasteiger partial charge is 0.186 e. The number of aromatic nitrogens is 1. The van der Waals surface area contributed by atoms with Crippen molar-refractivity contribution in [3.8, 4) is 0 Å². The molecule has 2 aromatic rings. The maximum absolute atomic E-state index is 12.7. The highest BCUT2D eigenvalue weighted by atomic mass is 32.2. The van der Waals surface area contributed by atoms with Gasteiger partial charge in [-0.15, -0.1) is 0 Å². The third-order valence-electron chi connectivity index (χ3n) is 3.17. The summed E-state index contributed by atoms with van der Waals surface area (Å²) in [5, 5.41) is 3.69. The van der Waals surface area contributed by atoms with Gasteiger partial charge < -0.3 is 10.3 Å². The zero-order valence-electron chi connectivity index (χ0n) is 10.8. The summed E-state index contributed by atoms with van der Waals surface area (Å²) >= 11 is 0. The fourth-order valence-corrected chi connectivity index (χ4v) is 3.70. The largest absolute Gasteiger partial charge is 0.360 e. The summed E-state index contributed by atoms with van der Waals surface area (Å²) in [5.41, 5.74) is 0.844. The first kappa shape index (κ1) is 13.1. The number of nitrogens with one attached hydrogen (secondary N) is 2. The summed E-state index contributed by atoms with van der Waals surface area (Å²) in [6.07, 6.45) is 1.58. The molecular weight excluding hydrogens is 248 g/mol. The lowest BCUT2D eigenvalue weighted by Crippen LogP contribution is -2.41. The van der Waals surface area contributed by atoms with Crippen LogP contribution in [0.15, 0.2) is 35.4 Å². The van der Waals surface area contributed by atoms with Gasteiger partial charge in [-0.3, -0.25) is 0 Å². The van der Waals surface area contributed by atoms with E-state index in [1.165, 1.54) is 0 Å². The lowest BCUT2D eigenvalue weighted by atomic mass is 10.2. The minimum absolute atomic E-state index is 0.373. The number of hydrogen-bond acceptors (Lipinski definition) is 3. The molecule has 98 valence electrons. The Labute approximate surface area is 107 Å². The van der Waals surface area contributed by atoms with Gasteiger partial charge in [-0.05, 0) is 27.0 Å². The summed E-state index contributed by atoms with van der Waals surface area (Å²) in [7, 11) is -1.62. The summed E-state index contributed by atoms with van der Waals surface area (Å²) in [6, 6.07) is 7.43. The van der Waals surface area contributed by atoms with E-state index in [2.05, 4.69) is 10.3 Å². The number of fused-ring (bicyclic) bond motifs is 1. The Morgan fingerprint density at radius 1 is 1.28 bits per heavy atom. The van der Waals surface area contributed by atoms with Crippen LogP contribution < -0.4 is 5.32 Å². The van der Waals surface area contributed by atoms with Crippen molar-refractivity contribution in [1.82, 2.24) is 10.3 Å². The predicted molar refractivity (Wildman–Crippen MR) is 73.5 cm³/mol. The van der Waals surface area contributed by atoms with Crippen LogP contribution in [0, 0.1) is 0 Å². The van der Waals surface area contributed by atoms with Gasteiger partial charge in [0, 0.05) is 23.6 Å². The van der Waals surface area contributed by atoms with Crippen molar-refractivity contribution in [3.63, 3.8) is 0 Å². The molecule has 0 atom stereocenters. The highest BCUT2D eigenvalue weighted by Gasteiger charge is 2.36. The molecule has 2 rings (SSSR count). The molecule has 0 aliphatic heterocycles. The average Bonchev–Trinajstić information content (AvgIpc) is 2.72. The van der Waals surface area contributed by atoms with Crippen LogP contribution in [-0.2, 0) is 9.84 Å². The minimum atomic E-state index is -3.38. The topological polar surface area (TPSA) is 62.0 Å². The molecule has 0 aliphatic rings. The first-order chi connectivity index (χ1) is 8.40. The molecule has 0 saturated heterocycles. The third kappa shape index (κ3) is 1.93. The Hall–Kier alpha value is -1.33. The Morgan fingerprint density at radius 3 is 2.61 bits per heavy atom. The van der Waals surface area contributed by atoms with Crippen molar-refractivity contribution in [2.75, 3.05) is 13.6 Å². The van der Waals surface area contributed by atoms with Gasteiger partial charge >= 0.3 is 0 Å². The predicted octanol–water partition coefficient (Wildman–Crippen LogP) is 1.94. The van der Waals surface area contributed by atoms with Crippen molar-refractivity contribution in [3.05, 3.63) is 30.5 Å². The zero-order chi connectivity index (χ0) is 13.4. The molecule has 5 heteroatoms. The van der Waals surface area contributed by atoms with Crippen LogP contribution in [0.2, 0.25) is 0 Å². The maximum atomic E-state index is 12.7. The second-order valence-corrected chi connectivity index (χ2v) is 7.54. The highest BCUT2D eigenvalue weighted by Crippen LogP contribution is 2.30. The quantitative estimate of drug-likeness (QED) is 0.889. The highest BCUT2D eigenvalue weighted by molar-refractivity contribution is 7.93. The van der Waals surface area contributed by atoms with E-state index in [1.807, 2.05) is 24.3 Å². The van der Waals surface area contributed by atoms with E-state index < -0.39 is 14.6 Å². The average molecular weight is 266 g/mol. The molecule has 0 aliphatic carbocycles. The Balaban J connectivity index is 2.61. The Kier molecular flexibility index (Phi) is 3.21. The lowest BCUT2D eigenvalue weighted by molar-refractivity contribution is 0.533. The van der Waals surface area contributed by atoms with E-state index in [1.54, 1.807) is 27.1 Å². The standard InChI is InChI=1S/C13H18N2O2S/c1-13(2,9-14-3)18(16,17)12-8-15-11-7-5-4-6-10(11)12/h4-8,14-15H,9H2,1-3H3. The molecule has 0 unspecified atom stereocenters. The summed E-state index contributed by atoms with van der Waals surface area (Å²) < 4.78 is 24.5. The zero-order valence-corrected chi connectivity index (χ0v) is 11.6. The number of H-pyrrole nitrogens is 1. The number of rotatable bonds is 4. The van der Waals surface area contributed by atoms with Gasteiger partial charge in [0.25, 0.3) is 0 Å². The molecule has 1 aromatic heterocycles. The van der Waals surface area contributed by atoms with E-state index in [0.717, 1.165) is 10.9 Å². The van der Waals surface area contributed by atoms with Gasteiger partial charge in [0.1, 0.15) is 0 Å². The van der Waals surface area contributed by atoms with Gasteiger partial charge in [0.2, 0.25) is 0 Å². The maximum Gasteiger partial charge on any atom is 0.186 e. The van der Waals surface area contributed by atoms with E-state index in [-0.39, 0.29) is 0 Å². The van der Waals surface area contributed by atoms with E-state index in [4.69, 9.17) is 0 Å². The van der Waals surface area contributed by atoms with Crippen LogP contribution >= 0.6 is 0 Å². The fourth-order valence-electron chi connectivity index (χ4n) is 2.09. The number of sulfone groups is 1. The molecule has 0 radical (unpaired) electrons. The first-order valence-corrected chi connectivity index (χ1v) is 7.34. The Morgan fingerprint density at radius 2 is 1.94 bits per heavy atom. The number of benzene rings is 1. The molecule has 2 N–H and O–H groups in total. The summed E-state index contributed by atoms with van der Waals surface area (Å²) in [4.78, 5) is 3.38. The molecule has 1 aromatic carbocycles. The molecular formula is C13H18N2O2S. The lowest BCUT2D eigenvalue weighted by Gasteiger charge is -2.24. The van der Waals surface area contributed by atoms with Crippen LogP contribution in [0.5, 0.6) is 0 Å². The third-order valence-corrected chi connectivity index (χ3v) is 5.69. The molecule has 0 fully saturated rings. The van der Waals surface area contributed by atoms with Gasteiger partial charge in [0.05, 0.1) is 9.64 Å². The van der Waals surface area contributed by atoms with Crippen molar-refractivity contribution in [2.45, 2.75) is 23.5 Å². The second kappa shape index (κ2) is 4.40. The van der Waals surface area contributed by atoms with Crippen LogP contribution in [0.25, 0.3) is 10.9 Å². The molecule has 0 saturated carbocycles. The van der Waals surface area contributed by atoms with Crippen LogP contribution in [0.4, 0.5) is 0 Å². The van der Waals surface area contributed by atoms with Gasteiger partial charge in [-0.1, -0.05) is 18.2 Å². The molecule has 0 amide bonds. The van der Waals surface area contributed by atoms with Gasteiger partial charge in [-0.25, -0.2) is 8.42 Å². The first-order valence-electron chi connectivity index (χ1n) is 5.85. The van der Waals surface area contributed by atoms with Crippen molar-refractivity contribution in [2.24, 2.45) is 0 Å². The fraction of sp³-hybridized carbons (Fsp3) is 0.385. The van der Waals surface area contributed by atoms with E-state index in [0.29, 0.717) is 11.4 Å². The van der Waals surface area contributed by atoms with Crippen molar-refractivity contribution >= 4 is 20.7 Å². The SMILES string of the molecule is CNCC(C)(C)S(=O)(=O)c1c[nH]c2ccccc12. The molecule has 18 heavy (non-hydrogen) atoms. The van der Waals surface area contributed by atoms with Crippen LogP contribution in [-0.4, -0.2) is 31.7 Å². The Bertz CT molecular complexity index is 656. The van der Waals surface area contributed by atoms with Crippen molar-refractivity contribution < 1.29 is 8.42 Å². The molecule has 0 bridgehead atoms. The number of aromatic amines is 1. The molecule has 4 nitrogen and oxygen atoms in total. The summed E-state index contributed by atoms with van der Waals surface area (Å²) in [6.45, 7) is 3.88. The van der Waals surface area contributed by atoms with Crippen LogP contribution in [0.1, 0.15) is 13.8 Å². The van der Waals surface area contributed by atoms with Gasteiger partial charge in [-0.2, -0.15) is 0 Å². The van der Waals surface area contributed by atoms with Crippen LogP contribution in [0.3, 0.4) is 0 Å². The minimum Gasteiger partial charge on any atom is -0.360 e. The summed E-state index contributed by atoms with van der Waals surface area (Å²) in [5.74, 6) is 0. The van der Waals surface area contributed by atoms with E-state index >= 15 is 0 Å².